The number of rotatable bonds is 16. The van der Waals surface area contributed by atoms with Gasteiger partial charge in [0, 0.05) is 23.5 Å². The molecule has 0 aliphatic carbocycles. The van der Waals surface area contributed by atoms with Gasteiger partial charge in [0.15, 0.2) is 0 Å². The number of para-hydroxylation sites is 1. The van der Waals surface area contributed by atoms with E-state index >= 15 is 0 Å². The molecule has 0 radical (unpaired) electrons. The maximum absolute atomic E-state index is 13.2. The van der Waals surface area contributed by atoms with E-state index in [2.05, 4.69) is 20.9 Å². The smallest absolute Gasteiger partial charge is 0.326 e. The largest absolute Gasteiger partial charge is 0.480 e. The number of aliphatic carboxylic acids is 1. The first-order chi connectivity index (χ1) is 18.1. The molecule has 38 heavy (non-hydrogen) atoms. The lowest BCUT2D eigenvalue weighted by Gasteiger charge is -2.24. The molecular weight excluding hydrogens is 498 g/mol. The zero-order valence-corrected chi connectivity index (χ0v) is 20.8. The molecule has 0 aliphatic heterocycles. The van der Waals surface area contributed by atoms with Crippen molar-refractivity contribution in [3.63, 3.8) is 0 Å². The summed E-state index contributed by atoms with van der Waals surface area (Å²) in [6, 6.07) is 1.96. The van der Waals surface area contributed by atoms with Gasteiger partial charge in [0.2, 0.25) is 23.6 Å². The van der Waals surface area contributed by atoms with E-state index in [1.807, 2.05) is 18.2 Å². The van der Waals surface area contributed by atoms with E-state index in [-0.39, 0.29) is 12.8 Å². The van der Waals surface area contributed by atoms with Crippen molar-refractivity contribution in [3.8, 4) is 0 Å². The quantitative estimate of drug-likeness (QED) is 0.104. The number of nitrogens with two attached hydrogens (primary N) is 3. The summed E-state index contributed by atoms with van der Waals surface area (Å²) >= 11 is 0. The summed E-state index contributed by atoms with van der Waals surface area (Å²) in [5.74, 6) is -4.65. The fourth-order valence-corrected chi connectivity index (χ4v) is 3.81. The van der Waals surface area contributed by atoms with Gasteiger partial charge in [0.05, 0.1) is 19.1 Å². The molecule has 0 fully saturated rings. The number of unbranched alkanes of at least 4 members (excludes halogenated alkanes) is 1. The Morgan fingerprint density at radius 1 is 0.921 bits per heavy atom. The maximum Gasteiger partial charge on any atom is 0.326 e. The minimum Gasteiger partial charge on any atom is -0.480 e. The van der Waals surface area contributed by atoms with Gasteiger partial charge in [-0.15, -0.1) is 0 Å². The fraction of sp³-hybridized carbons (Fsp3) is 0.458. The molecule has 0 spiro atoms. The number of carbonyl (C=O) groups is 5. The molecule has 1 aromatic heterocycles. The van der Waals surface area contributed by atoms with E-state index in [1.54, 1.807) is 12.3 Å². The average Bonchev–Trinajstić information content (AvgIpc) is 3.28. The molecule has 2 aromatic rings. The molecule has 14 heteroatoms. The van der Waals surface area contributed by atoms with Crippen LogP contribution in [0.25, 0.3) is 10.9 Å². The Morgan fingerprint density at radius 3 is 2.18 bits per heavy atom. The highest BCUT2D eigenvalue weighted by atomic mass is 16.4. The number of carboxylic acids is 1. The lowest BCUT2D eigenvalue weighted by molar-refractivity contribution is -0.142. The molecule has 4 unspecified atom stereocenters. The molecule has 0 saturated carbocycles. The van der Waals surface area contributed by atoms with Crippen molar-refractivity contribution in [3.05, 3.63) is 36.0 Å². The second-order valence-electron chi connectivity index (χ2n) is 8.83. The molecule has 0 aliphatic rings. The lowest BCUT2D eigenvalue weighted by Crippen LogP contribution is -2.58. The van der Waals surface area contributed by atoms with E-state index in [0.29, 0.717) is 24.9 Å². The minimum absolute atomic E-state index is 0.0238. The molecule has 0 bridgehead atoms. The van der Waals surface area contributed by atoms with Crippen LogP contribution in [0.5, 0.6) is 0 Å². The van der Waals surface area contributed by atoms with Crippen molar-refractivity contribution in [2.24, 2.45) is 17.2 Å². The summed E-state index contributed by atoms with van der Waals surface area (Å²) in [5.41, 5.74) is 17.6. The number of carboxylic acid groups (broad SMARTS) is 1. The highest BCUT2D eigenvalue weighted by molar-refractivity contribution is 5.95. The Kier molecular flexibility index (Phi) is 11.7. The van der Waals surface area contributed by atoms with Gasteiger partial charge in [0.1, 0.15) is 18.1 Å². The third kappa shape index (κ3) is 8.83. The van der Waals surface area contributed by atoms with Gasteiger partial charge in [0.25, 0.3) is 0 Å². The summed E-state index contributed by atoms with van der Waals surface area (Å²) < 4.78 is 0. The Labute approximate surface area is 218 Å². The third-order valence-electron chi connectivity index (χ3n) is 5.87. The Bertz CT molecular complexity index is 1140. The molecule has 4 amide bonds. The van der Waals surface area contributed by atoms with Crippen LogP contribution in [0.4, 0.5) is 0 Å². The molecule has 14 nitrogen and oxygen atoms in total. The van der Waals surface area contributed by atoms with Gasteiger partial charge in [-0.1, -0.05) is 18.2 Å². The van der Waals surface area contributed by atoms with Gasteiger partial charge in [-0.05, 0) is 37.4 Å². The predicted octanol–water partition coefficient (Wildman–Crippen LogP) is -2.43. The number of aromatic nitrogens is 1. The second-order valence-corrected chi connectivity index (χ2v) is 8.83. The van der Waals surface area contributed by atoms with Crippen molar-refractivity contribution in [2.75, 3.05) is 13.2 Å². The molecule has 208 valence electrons. The first-order valence-corrected chi connectivity index (χ1v) is 12.1. The molecule has 4 atom stereocenters. The number of hydrogen-bond acceptors (Lipinski definition) is 8. The van der Waals surface area contributed by atoms with Gasteiger partial charge in [-0.3, -0.25) is 19.2 Å². The first-order valence-electron chi connectivity index (χ1n) is 12.1. The van der Waals surface area contributed by atoms with E-state index < -0.39 is 66.8 Å². The molecule has 2 rings (SSSR count). The maximum atomic E-state index is 13.2. The first kappa shape index (κ1) is 30.2. The number of amides is 4. The monoisotopic (exact) mass is 533 g/mol. The summed E-state index contributed by atoms with van der Waals surface area (Å²) in [6.45, 7) is -0.462. The highest BCUT2D eigenvalue weighted by Crippen LogP contribution is 2.19. The molecule has 1 heterocycles. The number of hydrogen-bond donors (Lipinski definition) is 9. The number of H-pyrrole nitrogens is 1. The summed E-state index contributed by atoms with van der Waals surface area (Å²) in [6.07, 6.45) is 2.35. The number of aliphatic hydroxyl groups is 1. The van der Waals surface area contributed by atoms with E-state index in [1.165, 1.54) is 0 Å². The summed E-state index contributed by atoms with van der Waals surface area (Å²) in [4.78, 5) is 64.2. The predicted molar refractivity (Wildman–Crippen MR) is 137 cm³/mol. The van der Waals surface area contributed by atoms with Gasteiger partial charge in [-0.25, -0.2) is 4.79 Å². The van der Waals surface area contributed by atoms with E-state index in [4.69, 9.17) is 17.2 Å². The van der Waals surface area contributed by atoms with Crippen molar-refractivity contribution in [1.82, 2.24) is 20.9 Å². The zero-order valence-electron chi connectivity index (χ0n) is 20.8. The lowest BCUT2D eigenvalue weighted by atomic mass is 10.0. The standard InChI is InChI=1S/C24H35N7O7/c25-8-4-3-7-17(24(37)38)29-22(35)18(9-13-11-28-16-6-2-1-5-14(13)16)30-23(36)19(12-32)31-21(34)15(26)10-20(27)33/h1-2,5-6,11,15,17-19,28,32H,3-4,7-10,12,25-26H2,(H2,27,33)(H,29,35)(H,30,36)(H,31,34)(H,37,38). The minimum atomic E-state index is -1.50. The molecular formula is C24H35N7O7. The van der Waals surface area contributed by atoms with Crippen LogP contribution < -0.4 is 33.2 Å². The van der Waals surface area contributed by atoms with Crippen LogP contribution >= 0.6 is 0 Å². The number of benzene rings is 1. The van der Waals surface area contributed by atoms with Crippen LogP contribution in [-0.4, -0.2) is 82.1 Å². The normalized spacial score (nSPS) is 14.2. The zero-order chi connectivity index (χ0) is 28.2. The SMILES string of the molecule is NCCCCC(NC(=O)C(Cc1c[nH]c2ccccc12)NC(=O)C(CO)NC(=O)C(N)CC(N)=O)C(=O)O. The van der Waals surface area contributed by atoms with Gasteiger partial charge in [-0.2, -0.15) is 0 Å². The number of primary amides is 1. The van der Waals surface area contributed by atoms with E-state index in [0.717, 1.165) is 10.9 Å². The Hall–Kier alpha value is -4.01. The number of aromatic amines is 1. The van der Waals surface area contributed by atoms with Crippen LogP contribution in [0.1, 0.15) is 31.2 Å². The van der Waals surface area contributed by atoms with Crippen LogP contribution in [0, 0.1) is 0 Å². The number of carbonyl (C=O) groups excluding carboxylic acids is 4. The highest BCUT2D eigenvalue weighted by Gasteiger charge is 2.31. The second kappa shape index (κ2) is 14.7. The Balaban J connectivity index is 2.24. The molecule has 1 aromatic carbocycles. The molecule has 0 saturated heterocycles. The Morgan fingerprint density at radius 2 is 1.55 bits per heavy atom. The van der Waals surface area contributed by atoms with Gasteiger partial charge < -0.3 is 48.3 Å². The topological polar surface area (TPSA) is 256 Å². The van der Waals surface area contributed by atoms with Crippen molar-refractivity contribution in [2.45, 2.75) is 56.3 Å². The number of aliphatic hydroxyl groups excluding tert-OH is 1. The number of fused-ring (bicyclic) bond motifs is 1. The van der Waals surface area contributed by atoms with Crippen LogP contribution in [-0.2, 0) is 30.4 Å². The molecule has 12 N–H and O–H groups in total. The van der Waals surface area contributed by atoms with Crippen molar-refractivity contribution in [1.29, 1.82) is 0 Å². The van der Waals surface area contributed by atoms with Crippen LogP contribution in [0.2, 0.25) is 0 Å². The van der Waals surface area contributed by atoms with Crippen LogP contribution in [0.15, 0.2) is 30.5 Å². The number of nitrogens with one attached hydrogen (secondary N) is 4. The van der Waals surface area contributed by atoms with E-state index in [9.17, 15) is 34.2 Å². The van der Waals surface area contributed by atoms with Crippen molar-refractivity contribution >= 4 is 40.5 Å². The third-order valence-corrected chi connectivity index (χ3v) is 5.87. The van der Waals surface area contributed by atoms with Gasteiger partial charge >= 0.3 is 5.97 Å². The summed E-state index contributed by atoms with van der Waals surface area (Å²) in [7, 11) is 0. The van der Waals surface area contributed by atoms with Crippen molar-refractivity contribution < 1.29 is 34.2 Å². The summed E-state index contributed by atoms with van der Waals surface area (Å²) in [5, 5.41) is 27.2. The van der Waals surface area contributed by atoms with Crippen LogP contribution in [0.3, 0.4) is 0 Å². The fourth-order valence-electron chi connectivity index (χ4n) is 3.81. The average molecular weight is 534 g/mol.